The lowest BCUT2D eigenvalue weighted by Gasteiger charge is -2.08. The van der Waals surface area contributed by atoms with Gasteiger partial charge in [0.25, 0.3) is 0 Å². The Morgan fingerprint density at radius 2 is 2.00 bits per heavy atom. The van der Waals surface area contributed by atoms with Crippen LogP contribution in [0.2, 0.25) is 0 Å². The number of aromatic carboxylic acids is 1. The van der Waals surface area contributed by atoms with Gasteiger partial charge in [-0.3, -0.25) is 4.98 Å². The highest BCUT2D eigenvalue weighted by molar-refractivity contribution is 5.92. The van der Waals surface area contributed by atoms with Crippen LogP contribution in [0.15, 0.2) is 36.5 Å². The minimum atomic E-state index is -1.05. The molecule has 1 heterocycles. The number of hydrogen-bond donors (Lipinski definition) is 1. The van der Waals surface area contributed by atoms with Gasteiger partial charge in [0.15, 0.2) is 5.75 Å². The monoisotopic (exact) mass is 259 g/mol. The predicted molar refractivity (Wildman–Crippen MR) is 69.7 cm³/mol. The second kappa shape index (κ2) is 5.39. The largest absolute Gasteiger partial charge is 0.497 e. The van der Waals surface area contributed by atoms with E-state index < -0.39 is 5.97 Å². The minimum absolute atomic E-state index is 0.0790. The van der Waals surface area contributed by atoms with Crippen LogP contribution in [0, 0.1) is 0 Å². The lowest BCUT2D eigenvalue weighted by molar-refractivity contribution is 0.0693. The van der Waals surface area contributed by atoms with Gasteiger partial charge in [-0.15, -0.1) is 0 Å². The number of ether oxygens (including phenoxy) is 2. The maximum Gasteiger partial charge on any atom is 0.339 e. The SMILES string of the molecule is COc1cccc(-c2cc(C(=O)O)c(OC)cn2)c1. The Bertz CT molecular complexity index is 610. The molecule has 98 valence electrons. The summed E-state index contributed by atoms with van der Waals surface area (Å²) in [6.45, 7) is 0. The Morgan fingerprint density at radius 3 is 2.63 bits per heavy atom. The highest BCUT2D eigenvalue weighted by Gasteiger charge is 2.13. The van der Waals surface area contributed by atoms with Crippen LogP contribution in [0.1, 0.15) is 10.4 Å². The third kappa shape index (κ3) is 2.65. The first-order chi connectivity index (χ1) is 9.15. The van der Waals surface area contributed by atoms with E-state index in [2.05, 4.69) is 4.98 Å². The van der Waals surface area contributed by atoms with Crippen LogP contribution < -0.4 is 9.47 Å². The van der Waals surface area contributed by atoms with Gasteiger partial charge in [0.05, 0.1) is 26.1 Å². The van der Waals surface area contributed by atoms with Crippen molar-refractivity contribution in [1.82, 2.24) is 4.98 Å². The molecule has 0 aliphatic heterocycles. The molecule has 0 amide bonds. The number of aromatic nitrogens is 1. The van der Waals surface area contributed by atoms with Crippen molar-refractivity contribution in [1.29, 1.82) is 0 Å². The van der Waals surface area contributed by atoms with Crippen LogP contribution in [0.5, 0.6) is 11.5 Å². The van der Waals surface area contributed by atoms with Crippen LogP contribution in [0.25, 0.3) is 11.3 Å². The Balaban J connectivity index is 2.50. The second-order valence-corrected chi connectivity index (χ2v) is 3.81. The molecular formula is C14H13NO4. The normalized spacial score (nSPS) is 10.0. The van der Waals surface area contributed by atoms with E-state index in [1.807, 2.05) is 18.2 Å². The van der Waals surface area contributed by atoms with Crippen molar-refractivity contribution in [2.75, 3.05) is 14.2 Å². The summed E-state index contributed by atoms with van der Waals surface area (Å²) < 4.78 is 10.1. The van der Waals surface area contributed by atoms with Gasteiger partial charge in [-0.25, -0.2) is 4.79 Å². The van der Waals surface area contributed by atoms with Gasteiger partial charge in [0, 0.05) is 5.56 Å². The molecule has 0 atom stereocenters. The third-order valence-electron chi connectivity index (χ3n) is 2.68. The van der Waals surface area contributed by atoms with E-state index >= 15 is 0 Å². The fraction of sp³-hybridized carbons (Fsp3) is 0.143. The summed E-state index contributed by atoms with van der Waals surface area (Å²) in [6.07, 6.45) is 1.40. The van der Waals surface area contributed by atoms with E-state index in [4.69, 9.17) is 14.6 Å². The number of nitrogens with zero attached hydrogens (tertiary/aromatic N) is 1. The first-order valence-corrected chi connectivity index (χ1v) is 5.57. The second-order valence-electron chi connectivity index (χ2n) is 3.81. The molecule has 5 nitrogen and oxygen atoms in total. The molecule has 1 aromatic carbocycles. The summed E-state index contributed by atoms with van der Waals surface area (Å²) in [5.41, 5.74) is 1.41. The molecule has 0 radical (unpaired) electrons. The quantitative estimate of drug-likeness (QED) is 0.913. The summed E-state index contributed by atoms with van der Waals surface area (Å²) in [5.74, 6) is -0.130. The maximum absolute atomic E-state index is 11.2. The molecule has 0 bridgehead atoms. The fourth-order valence-electron chi connectivity index (χ4n) is 1.71. The number of benzene rings is 1. The smallest absolute Gasteiger partial charge is 0.339 e. The molecule has 19 heavy (non-hydrogen) atoms. The maximum atomic E-state index is 11.2. The molecular weight excluding hydrogens is 246 g/mol. The van der Waals surface area contributed by atoms with Crippen LogP contribution in [-0.4, -0.2) is 30.3 Å². The van der Waals surface area contributed by atoms with Crippen LogP contribution in [0.4, 0.5) is 0 Å². The molecule has 2 rings (SSSR count). The highest BCUT2D eigenvalue weighted by Crippen LogP contribution is 2.26. The van der Waals surface area contributed by atoms with Crippen molar-refractivity contribution < 1.29 is 19.4 Å². The van der Waals surface area contributed by atoms with E-state index in [0.29, 0.717) is 11.4 Å². The fourth-order valence-corrected chi connectivity index (χ4v) is 1.71. The van der Waals surface area contributed by atoms with Crippen molar-refractivity contribution in [2.24, 2.45) is 0 Å². The van der Waals surface area contributed by atoms with Crippen LogP contribution >= 0.6 is 0 Å². The first kappa shape index (κ1) is 12.9. The molecule has 0 spiro atoms. The molecule has 1 aromatic heterocycles. The van der Waals surface area contributed by atoms with Gasteiger partial charge in [0.2, 0.25) is 0 Å². The van der Waals surface area contributed by atoms with E-state index in [9.17, 15) is 4.79 Å². The van der Waals surface area contributed by atoms with Gasteiger partial charge in [-0.1, -0.05) is 12.1 Å². The molecule has 0 fully saturated rings. The Kier molecular flexibility index (Phi) is 3.66. The van der Waals surface area contributed by atoms with Crippen molar-refractivity contribution in [3.63, 3.8) is 0 Å². The lowest BCUT2D eigenvalue weighted by Crippen LogP contribution is -2.02. The molecule has 0 aliphatic carbocycles. The molecule has 0 aliphatic rings. The summed E-state index contributed by atoms with van der Waals surface area (Å²) in [4.78, 5) is 15.3. The number of hydrogen-bond acceptors (Lipinski definition) is 4. The first-order valence-electron chi connectivity index (χ1n) is 5.57. The summed E-state index contributed by atoms with van der Waals surface area (Å²) >= 11 is 0. The van der Waals surface area contributed by atoms with E-state index in [0.717, 1.165) is 5.56 Å². The van der Waals surface area contributed by atoms with Gasteiger partial charge in [-0.05, 0) is 18.2 Å². The Labute approximate surface area is 110 Å². The van der Waals surface area contributed by atoms with E-state index in [1.54, 1.807) is 13.2 Å². The van der Waals surface area contributed by atoms with Crippen molar-refractivity contribution in [2.45, 2.75) is 0 Å². The van der Waals surface area contributed by atoms with Crippen LogP contribution in [-0.2, 0) is 0 Å². The average Bonchev–Trinajstić information content (AvgIpc) is 2.46. The zero-order valence-electron chi connectivity index (χ0n) is 10.6. The summed E-state index contributed by atoms with van der Waals surface area (Å²) in [7, 11) is 2.98. The van der Waals surface area contributed by atoms with E-state index in [1.165, 1.54) is 19.4 Å². The highest BCUT2D eigenvalue weighted by atomic mass is 16.5. The van der Waals surface area contributed by atoms with Crippen molar-refractivity contribution >= 4 is 5.97 Å². The zero-order chi connectivity index (χ0) is 13.8. The number of carbonyl (C=O) groups is 1. The molecule has 0 saturated carbocycles. The molecule has 2 aromatic rings. The predicted octanol–water partition coefficient (Wildman–Crippen LogP) is 2.46. The lowest BCUT2D eigenvalue weighted by atomic mass is 10.1. The van der Waals surface area contributed by atoms with Crippen molar-refractivity contribution in [3.05, 3.63) is 42.1 Å². The molecule has 1 N–H and O–H groups in total. The van der Waals surface area contributed by atoms with Gasteiger partial charge < -0.3 is 14.6 Å². The zero-order valence-corrected chi connectivity index (χ0v) is 10.6. The molecule has 0 unspecified atom stereocenters. The summed E-state index contributed by atoms with van der Waals surface area (Å²) in [6, 6.07) is 8.74. The van der Waals surface area contributed by atoms with E-state index in [-0.39, 0.29) is 11.3 Å². The van der Waals surface area contributed by atoms with Crippen LogP contribution in [0.3, 0.4) is 0 Å². The number of rotatable bonds is 4. The Morgan fingerprint density at radius 1 is 1.21 bits per heavy atom. The summed E-state index contributed by atoms with van der Waals surface area (Å²) in [5, 5.41) is 9.14. The van der Waals surface area contributed by atoms with Gasteiger partial charge in [-0.2, -0.15) is 0 Å². The number of methoxy groups -OCH3 is 2. The number of carboxylic acids is 1. The number of carboxylic acid groups (broad SMARTS) is 1. The Hall–Kier alpha value is -2.56. The minimum Gasteiger partial charge on any atom is -0.497 e. The number of pyridine rings is 1. The third-order valence-corrected chi connectivity index (χ3v) is 2.68. The average molecular weight is 259 g/mol. The standard InChI is InChI=1S/C14H13NO4/c1-18-10-5-3-4-9(6-10)12-7-11(14(16)17)13(19-2)8-15-12/h3-8H,1-2H3,(H,16,17). The topological polar surface area (TPSA) is 68.7 Å². The van der Waals surface area contributed by atoms with Gasteiger partial charge >= 0.3 is 5.97 Å². The molecule has 5 heteroatoms. The van der Waals surface area contributed by atoms with Crippen molar-refractivity contribution in [3.8, 4) is 22.8 Å². The van der Waals surface area contributed by atoms with Gasteiger partial charge in [0.1, 0.15) is 11.3 Å². The molecule has 0 saturated heterocycles.